The molecule has 0 atom stereocenters. The van der Waals surface area contributed by atoms with E-state index in [1.165, 1.54) is 6.20 Å². The Balaban J connectivity index is 1.71. The number of alkyl halides is 3. The molecule has 6 nitrogen and oxygen atoms in total. The highest BCUT2D eigenvalue weighted by Crippen LogP contribution is 2.21. The van der Waals surface area contributed by atoms with Crippen LogP contribution in [0.4, 0.5) is 18.9 Å². The maximum Gasteiger partial charge on any atom is 0.491 e. The van der Waals surface area contributed by atoms with Gasteiger partial charge in [-0.1, -0.05) is 6.07 Å². The number of rotatable bonds is 4. The number of hydrogen-bond acceptors (Lipinski definition) is 4. The predicted octanol–water partition coefficient (Wildman–Crippen LogP) is 1.61. The number of carbonyl (C=O) groups is 1. The maximum absolute atomic E-state index is 12.4. The Bertz CT molecular complexity index is 807. The monoisotopic (exact) mass is 353 g/mol. The molecule has 0 saturated heterocycles. The molecule has 0 saturated carbocycles. The standard InChI is InChI=1S/C15H15BF3N3O3/c1-9-12(7-22(21-9)5-4-15(17,18)19)14(23)20-11-3-2-10-8-25-16(24)13(10)6-11/h2-3,6-7,24H,4-5,8H2,1H3,(H,20,23). The zero-order valence-corrected chi connectivity index (χ0v) is 13.3. The van der Waals surface area contributed by atoms with E-state index in [1.54, 1.807) is 25.1 Å². The first-order valence-corrected chi connectivity index (χ1v) is 7.57. The van der Waals surface area contributed by atoms with E-state index in [0.717, 1.165) is 10.2 Å². The van der Waals surface area contributed by atoms with E-state index < -0.39 is 25.6 Å². The Morgan fingerprint density at radius 1 is 1.48 bits per heavy atom. The molecule has 0 aliphatic carbocycles. The molecule has 2 heterocycles. The molecule has 0 fully saturated rings. The third-order valence-electron chi connectivity index (χ3n) is 3.88. The van der Waals surface area contributed by atoms with Crippen LogP contribution in [0.1, 0.15) is 28.0 Å². The molecule has 1 aliphatic rings. The summed E-state index contributed by atoms with van der Waals surface area (Å²) in [7, 11) is -1.03. The fourth-order valence-electron chi connectivity index (χ4n) is 2.59. The van der Waals surface area contributed by atoms with Crippen molar-refractivity contribution in [3.05, 3.63) is 41.2 Å². The van der Waals surface area contributed by atoms with Gasteiger partial charge in [0.05, 0.1) is 24.3 Å². The van der Waals surface area contributed by atoms with Crippen LogP contribution in [-0.4, -0.2) is 34.0 Å². The largest absolute Gasteiger partial charge is 0.491 e. The fourth-order valence-corrected chi connectivity index (χ4v) is 2.59. The van der Waals surface area contributed by atoms with Crippen molar-refractivity contribution >= 4 is 24.2 Å². The number of benzene rings is 1. The fraction of sp³-hybridized carbons (Fsp3) is 0.333. The van der Waals surface area contributed by atoms with Gasteiger partial charge in [0, 0.05) is 18.4 Å². The molecule has 1 aromatic carbocycles. The molecule has 1 aliphatic heterocycles. The van der Waals surface area contributed by atoms with Crippen LogP contribution in [-0.2, 0) is 17.8 Å². The first-order chi connectivity index (χ1) is 11.7. The molecular formula is C15H15BF3N3O3. The summed E-state index contributed by atoms with van der Waals surface area (Å²) < 4.78 is 43.0. The molecule has 0 radical (unpaired) electrons. The summed E-state index contributed by atoms with van der Waals surface area (Å²) in [5.41, 5.74) is 2.40. The van der Waals surface area contributed by atoms with Crippen molar-refractivity contribution in [3.63, 3.8) is 0 Å². The van der Waals surface area contributed by atoms with Crippen LogP contribution in [0.3, 0.4) is 0 Å². The van der Waals surface area contributed by atoms with Crippen LogP contribution in [0.25, 0.3) is 0 Å². The van der Waals surface area contributed by atoms with Gasteiger partial charge in [-0.3, -0.25) is 9.48 Å². The second-order valence-corrected chi connectivity index (χ2v) is 5.79. The molecule has 1 aromatic heterocycles. The minimum Gasteiger partial charge on any atom is -0.423 e. The minimum absolute atomic E-state index is 0.194. The van der Waals surface area contributed by atoms with Gasteiger partial charge in [-0.15, -0.1) is 0 Å². The van der Waals surface area contributed by atoms with Crippen LogP contribution in [0.5, 0.6) is 0 Å². The number of fused-ring (bicyclic) bond motifs is 1. The molecule has 10 heteroatoms. The van der Waals surface area contributed by atoms with Crippen molar-refractivity contribution in [2.45, 2.75) is 32.7 Å². The van der Waals surface area contributed by atoms with Gasteiger partial charge in [0.15, 0.2) is 0 Å². The van der Waals surface area contributed by atoms with Gasteiger partial charge in [-0.05, 0) is 30.1 Å². The molecule has 0 bridgehead atoms. The Labute approximate surface area is 141 Å². The zero-order chi connectivity index (χ0) is 18.2. The van der Waals surface area contributed by atoms with E-state index in [1.807, 2.05) is 0 Å². The van der Waals surface area contributed by atoms with Crippen LogP contribution in [0, 0.1) is 6.92 Å². The van der Waals surface area contributed by atoms with Crippen molar-refractivity contribution in [3.8, 4) is 0 Å². The van der Waals surface area contributed by atoms with E-state index >= 15 is 0 Å². The normalized spacial score (nSPS) is 13.9. The van der Waals surface area contributed by atoms with Gasteiger partial charge in [0.1, 0.15) is 0 Å². The molecule has 1 amide bonds. The average molecular weight is 353 g/mol. The highest BCUT2D eigenvalue weighted by Gasteiger charge is 2.28. The van der Waals surface area contributed by atoms with Crippen LogP contribution in [0.2, 0.25) is 0 Å². The molecule has 25 heavy (non-hydrogen) atoms. The Hall–Kier alpha value is -2.33. The molecule has 0 spiro atoms. The number of hydrogen-bond donors (Lipinski definition) is 2. The number of aryl methyl sites for hydroxylation is 2. The second kappa shape index (κ2) is 6.53. The van der Waals surface area contributed by atoms with Crippen molar-refractivity contribution in [1.82, 2.24) is 9.78 Å². The van der Waals surface area contributed by atoms with Gasteiger partial charge in [-0.25, -0.2) is 0 Å². The van der Waals surface area contributed by atoms with E-state index in [4.69, 9.17) is 4.65 Å². The number of amides is 1. The summed E-state index contributed by atoms with van der Waals surface area (Å²) in [6, 6.07) is 5.01. The number of nitrogens with zero attached hydrogens (tertiary/aromatic N) is 2. The Morgan fingerprint density at radius 3 is 2.96 bits per heavy atom. The van der Waals surface area contributed by atoms with Gasteiger partial charge in [0.2, 0.25) is 0 Å². The summed E-state index contributed by atoms with van der Waals surface area (Å²) in [6.07, 6.45) is -4.00. The number of halogens is 3. The lowest BCUT2D eigenvalue weighted by Gasteiger charge is -2.07. The SMILES string of the molecule is Cc1nn(CCC(F)(F)F)cc1C(=O)Nc1ccc2c(c1)B(O)OC2. The van der Waals surface area contributed by atoms with Gasteiger partial charge >= 0.3 is 13.3 Å². The van der Waals surface area contributed by atoms with Crippen LogP contribution in [0.15, 0.2) is 24.4 Å². The highest BCUT2D eigenvalue weighted by atomic mass is 19.4. The van der Waals surface area contributed by atoms with E-state index in [0.29, 0.717) is 23.5 Å². The molecule has 2 aromatic rings. The predicted molar refractivity (Wildman–Crippen MR) is 84.4 cm³/mol. The van der Waals surface area contributed by atoms with E-state index in [9.17, 15) is 23.0 Å². The maximum atomic E-state index is 12.4. The summed E-state index contributed by atoms with van der Waals surface area (Å²) in [5.74, 6) is -0.482. The Kier molecular flexibility index (Phi) is 4.57. The van der Waals surface area contributed by atoms with Crippen molar-refractivity contribution in [1.29, 1.82) is 0 Å². The van der Waals surface area contributed by atoms with E-state index in [2.05, 4.69) is 10.4 Å². The summed E-state index contributed by atoms with van der Waals surface area (Å²) in [5, 5.41) is 16.3. The summed E-state index contributed by atoms with van der Waals surface area (Å²) >= 11 is 0. The first-order valence-electron chi connectivity index (χ1n) is 7.57. The lowest BCUT2D eigenvalue weighted by molar-refractivity contribution is -0.137. The quantitative estimate of drug-likeness (QED) is 0.819. The van der Waals surface area contributed by atoms with Crippen molar-refractivity contribution in [2.24, 2.45) is 0 Å². The second-order valence-electron chi connectivity index (χ2n) is 5.79. The third kappa shape index (κ3) is 4.02. The lowest BCUT2D eigenvalue weighted by Crippen LogP contribution is -2.28. The molecule has 0 unspecified atom stereocenters. The van der Waals surface area contributed by atoms with Gasteiger partial charge in [0.25, 0.3) is 5.91 Å². The molecular weight excluding hydrogens is 338 g/mol. The number of nitrogens with one attached hydrogen (secondary N) is 1. The zero-order valence-electron chi connectivity index (χ0n) is 13.3. The third-order valence-corrected chi connectivity index (χ3v) is 3.88. The average Bonchev–Trinajstić information content (AvgIpc) is 3.08. The topological polar surface area (TPSA) is 76.4 Å². The van der Waals surface area contributed by atoms with Crippen molar-refractivity contribution in [2.75, 3.05) is 5.32 Å². The van der Waals surface area contributed by atoms with Crippen LogP contribution >= 0.6 is 0 Å². The Morgan fingerprint density at radius 2 is 2.24 bits per heavy atom. The minimum atomic E-state index is -4.28. The summed E-state index contributed by atoms with van der Waals surface area (Å²) in [6.45, 7) is 1.51. The smallest absolute Gasteiger partial charge is 0.423 e. The van der Waals surface area contributed by atoms with Gasteiger partial charge in [-0.2, -0.15) is 18.3 Å². The molecule has 3 rings (SSSR count). The lowest BCUT2D eigenvalue weighted by atomic mass is 9.79. The van der Waals surface area contributed by atoms with Crippen LogP contribution < -0.4 is 10.8 Å². The number of aromatic nitrogens is 2. The first kappa shape index (κ1) is 17.5. The van der Waals surface area contributed by atoms with Gasteiger partial charge < -0.3 is 15.0 Å². The summed E-state index contributed by atoms with van der Waals surface area (Å²) in [4.78, 5) is 12.4. The van der Waals surface area contributed by atoms with Crippen molar-refractivity contribution < 1.29 is 27.6 Å². The number of carbonyl (C=O) groups excluding carboxylic acids is 1. The van der Waals surface area contributed by atoms with E-state index in [-0.39, 0.29) is 12.1 Å². The number of anilines is 1. The molecule has 2 N–H and O–H groups in total. The highest BCUT2D eigenvalue weighted by molar-refractivity contribution is 6.61. The molecule has 132 valence electrons.